The largest absolute Gasteiger partial charge is 0.508 e. The summed E-state index contributed by atoms with van der Waals surface area (Å²) in [6.45, 7) is 2.66. The topological polar surface area (TPSA) is 75.9 Å². The zero-order valence-corrected chi connectivity index (χ0v) is 11.6. The molecule has 3 rings (SSSR count). The maximum Gasteiger partial charge on any atom is 0.143 e. The van der Waals surface area contributed by atoms with Crippen LogP contribution < -0.4 is 5.32 Å². The van der Waals surface area contributed by atoms with Crippen LogP contribution in [0.4, 0.5) is 5.69 Å². The molecule has 0 radical (unpaired) electrons. The van der Waals surface area contributed by atoms with Crippen molar-refractivity contribution < 1.29 is 5.11 Å². The Morgan fingerprint density at radius 1 is 1.19 bits per heavy atom. The van der Waals surface area contributed by atoms with Crippen LogP contribution in [0.5, 0.6) is 5.75 Å². The number of anilines is 1. The van der Waals surface area contributed by atoms with Gasteiger partial charge in [-0.2, -0.15) is 0 Å². The number of nitrogens with zero attached hydrogens (tertiary/aromatic N) is 4. The SMILES string of the molecule is Cc1cc(NCc2cccc(O)c2)ccc1-n1cnnn1. The van der Waals surface area contributed by atoms with E-state index in [1.807, 2.05) is 37.3 Å². The molecular weight excluding hydrogens is 266 g/mol. The van der Waals surface area contributed by atoms with E-state index >= 15 is 0 Å². The van der Waals surface area contributed by atoms with E-state index in [0.29, 0.717) is 6.54 Å². The molecule has 106 valence electrons. The van der Waals surface area contributed by atoms with E-state index in [0.717, 1.165) is 22.5 Å². The van der Waals surface area contributed by atoms with Crippen LogP contribution in [-0.2, 0) is 6.54 Å². The number of aromatic hydroxyl groups is 1. The van der Waals surface area contributed by atoms with Gasteiger partial charge in [-0.05, 0) is 58.8 Å². The predicted octanol–water partition coefficient (Wildman–Crippen LogP) is 2.29. The summed E-state index contributed by atoms with van der Waals surface area (Å²) in [5.74, 6) is 0.277. The van der Waals surface area contributed by atoms with E-state index in [4.69, 9.17) is 0 Å². The number of aryl methyl sites for hydroxylation is 1. The molecule has 0 fully saturated rings. The summed E-state index contributed by atoms with van der Waals surface area (Å²) >= 11 is 0. The molecule has 0 amide bonds. The molecule has 6 heteroatoms. The van der Waals surface area contributed by atoms with E-state index in [9.17, 15) is 5.11 Å². The van der Waals surface area contributed by atoms with Gasteiger partial charge in [0.1, 0.15) is 12.1 Å². The molecule has 0 aliphatic heterocycles. The smallest absolute Gasteiger partial charge is 0.143 e. The molecule has 0 saturated carbocycles. The highest BCUT2D eigenvalue weighted by molar-refractivity contribution is 5.53. The van der Waals surface area contributed by atoms with Gasteiger partial charge in [0.25, 0.3) is 0 Å². The average Bonchev–Trinajstić information content (AvgIpc) is 2.99. The molecule has 0 bridgehead atoms. The summed E-state index contributed by atoms with van der Waals surface area (Å²) in [7, 11) is 0. The van der Waals surface area contributed by atoms with E-state index in [2.05, 4.69) is 20.8 Å². The molecule has 0 unspecified atom stereocenters. The minimum absolute atomic E-state index is 0.277. The minimum atomic E-state index is 0.277. The van der Waals surface area contributed by atoms with Gasteiger partial charge in [-0.15, -0.1) is 5.10 Å². The quantitative estimate of drug-likeness (QED) is 0.767. The van der Waals surface area contributed by atoms with Gasteiger partial charge in [-0.25, -0.2) is 4.68 Å². The fourth-order valence-electron chi connectivity index (χ4n) is 2.16. The zero-order chi connectivity index (χ0) is 14.7. The number of hydrogen-bond acceptors (Lipinski definition) is 5. The minimum Gasteiger partial charge on any atom is -0.508 e. The summed E-state index contributed by atoms with van der Waals surface area (Å²) < 4.78 is 1.63. The van der Waals surface area contributed by atoms with Gasteiger partial charge in [-0.1, -0.05) is 12.1 Å². The van der Waals surface area contributed by atoms with Crippen LogP contribution in [0.3, 0.4) is 0 Å². The van der Waals surface area contributed by atoms with Crippen molar-refractivity contribution >= 4 is 5.69 Å². The number of phenolic OH excluding ortho intramolecular Hbond substituents is 1. The number of aromatic nitrogens is 4. The third-order valence-electron chi connectivity index (χ3n) is 3.20. The summed E-state index contributed by atoms with van der Waals surface area (Å²) in [5, 5.41) is 23.9. The normalized spacial score (nSPS) is 10.5. The Kier molecular flexibility index (Phi) is 3.51. The van der Waals surface area contributed by atoms with Crippen molar-refractivity contribution in [1.29, 1.82) is 0 Å². The number of phenols is 1. The third-order valence-corrected chi connectivity index (χ3v) is 3.20. The second kappa shape index (κ2) is 5.62. The van der Waals surface area contributed by atoms with Gasteiger partial charge in [0.15, 0.2) is 0 Å². The Morgan fingerprint density at radius 2 is 2.10 bits per heavy atom. The number of tetrazole rings is 1. The highest BCUT2D eigenvalue weighted by Crippen LogP contribution is 2.19. The first-order chi connectivity index (χ1) is 10.2. The molecule has 0 aliphatic rings. The molecule has 3 aromatic rings. The molecule has 2 aromatic carbocycles. The van der Waals surface area contributed by atoms with Crippen molar-refractivity contribution in [1.82, 2.24) is 20.2 Å². The predicted molar refractivity (Wildman–Crippen MR) is 79.3 cm³/mol. The fraction of sp³-hybridized carbons (Fsp3) is 0.133. The third kappa shape index (κ3) is 3.00. The molecule has 0 atom stereocenters. The Hall–Kier alpha value is -2.89. The lowest BCUT2D eigenvalue weighted by atomic mass is 10.1. The van der Waals surface area contributed by atoms with Crippen LogP contribution in [0.25, 0.3) is 5.69 Å². The first-order valence-electron chi connectivity index (χ1n) is 6.58. The number of nitrogens with one attached hydrogen (secondary N) is 1. The molecular formula is C15H15N5O. The fourth-order valence-corrected chi connectivity index (χ4v) is 2.16. The molecule has 21 heavy (non-hydrogen) atoms. The molecule has 1 aromatic heterocycles. The first-order valence-corrected chi connectivity index (χ1v) is 6.58. The van der Waals surface area contributed by atoms with Gasteiger partial charge in [-0.3, -0.25) is 0 Å². The number of rotatable bonds is 4. The van der Waals surface area contributed by atoms with E-state index in [-0.39, 0.29) is 5.75 Å². The van der Waals surface area contributed by atoms with Gasteiger partial charge in [0, 0.05) is 12.2 Å². The highest BCUT2D eigenvalue weighted by atomic mass is 16.3. The molecule has 0 saturated heterocycles. The van der Waals surface area contributed by atoms with Crippen molar-refractivity contribution in [3.05, 3.63) is 59.9 Å². The van der Waals surface area contributed by atoms with Crippen molar-refractivity contribution in [2.45, 2.75) is 13.5 Å². The monoisotopic (exact) mass is 281 g/mol. The van der Waals surface area contributed by atoms with E-state index in [1.54, 1.807) is 23.1 Å². The number of benzene rings is 2. The van der Waals surface area contributed by atoms with Crippen molar-refractivity contribution in [3.63, 3.8) is 0 Å². The average molecular weight is 281 g/mol. The van der Waals surface area contributed by atoms with Crippen LogP contribution >= 0.6 is 0 Å². The van der Waals surface area contributed by atoms with Crippen LogP contribution in [-0.4, -0.2) is 25.3 Å². The molecule has 0 aliphatic carbocycles. The van der Waals surface area contributed by atoms with E-state index in [1.165, 1.54) is 0 Å². The molecule has 6 nitrogen and oxygen atoms in total. The van der Waals surface area contributed by atoms with E-state index < -0.39 is 0 Å². The summed E-state index contributed by atoms with van der Waals surface area (Å²) in [6, 6.07) is 13.2. The van der Waals surface area contributed by atoms with Gasteiger partial charge in [0.05, 0.1) is 5.69 Å². The second-order valence-corrected chi connectivity index (χ2v) is 4.78. The first kappa shape index (κ1) is 13.1. The second-order valence-electron chi connectivity index (χ2n) is 4.78. The van der Waals surface area contributed by atoms with Crippen LogP contribution in [0.2, 0.25) is 0 Å². The zero-order valence-electron chi connectivity index (χ0n) is 11.6. The Balaban J connectivity index is 1.74. The van der Waals surface area contributed by atoms with Gasteiger partial charge < -0.3 is 10.4 Å². The van der Waals surface area contributed by atoms with Crippen molar-refractivity contribution in [3.8, 4) is 11.4 Å². The summed E-state index contributed by atoms with van der Waals surface area (Å²) in [5.41, 5.74) is 4.05. The maximum absolute atomic E-state index is 9.45. The number of hydrogen-bond donors (Lipinski definition) is 2. The van der Waals surface area contributed by atoms with Crippen molar-refractivity contribution in [2.24, 2.45) is 0 Å². The van der Waals surface area contributed by atoms with Gasteiger partial charge in [0.2, 0.25) is 0 Å². The highest BCUT2D eigenvalue weighted by Gasteiger charge is 2.04. The standard InChI is InChI=1S/C15H15N5O/c1-11-7-13(5-6-15(11)20-10-17-18-19-20)16-9-12-3-2-4-14(21)8-12/h2-8,10,16,21H,9H2,1H3. The summed E-state index contributed by atoms with van der Waals surface area (Å²) in [6.07, 6.45) is 1.57. The lowest BCUT2D eigenvalue weighted by Gasteiger charge is -2.10. The molecule has 1 heterocycles. The maximum atomic E-state index is 9.45. The Bertz CT molecular complexity index is 740. The van der Waals surface area contributed by atoms with Crippen LogP contribution in [0, 0.1) is 6.92 Å². The lowest BCUT2D eigenvalue weighted by Crippen LogP contribution is -2.02. The molecule has 2 N–H and O–H groups in total. The van der Waals surface area contributed by atoms with Crippen LogP contribution in [0.15, 0.2) is 48.8 Å². The Morgan fingerprint density at radius 3 is 2.81 bits per heavy atom. The molecule has 0 spiro atoms. The van der Waals surface area contributed by atoms with Crippen molar-refractivity contribution in [2.75, 3.05) is 5.32 Å². The van der Waals surface area contributed by atoms with Crippen LogP contribution in [0.1, 0.15) is 11.1 Å². The lowest BCUT2D eigenvalue weighted by molar-refractivity contribution is 0.474. The van der Waals surface area contributed by atoms with Gasteiger partial charge >= 0.3 is 0 Å². The Labute approximate surface area is 122 Å². The summed E-state index contributed by atoms with van der Waals surface area (Å²) in [4.78, 5) is 0.